The molecule has 0 bridgehead atoms. The lowest BCUT2D eigenvalue weighted by atomic mass is 10.3. The second kappa shape index (κ2) is 20.9. The number of hydrogen-bond donors (Lipinski definition) is 6. The van der Waals surface area contributed by atoms with Gasteiger partial charge >= 0.3 is 30.0 Å². The van der Waals surface area contributed by atoms with Crippen LogP contribution >= 0.6 is 0 Å². The van der Waals surface area contributed by atoms with E-state index in [1.54, 1.807) is 0 Å². The van der Waals surface area contributed by atoms with Crippen LogP contribution in [0.2, 0.25) is 0 Å². The molecule has 0 aliphatic carbocycles. The van der Waals surface area contributed by atoms with E-state index in [-0.39, 0.29) is 0 Å². The summed E-state index contributed by atoms with van der Waals surface area (Å²) in [5.41, 5.74) is 0. The number of carbonyl (C=O) groups is 5. The summed E-state index contributed by atoms with van der Waals surface area (Å²) in [6, 6.07) is 0. The first-order valence-corrected chi connectivity index (χ1v) is 11.3. The summed E-state index contributed by atoms with van der Waals surface area (Å²) in [5, 5.41) is 53.9. The Hall–Kier alpha value is -3.09. The van der Waals surface area contributed by atoms with Crippen LogP contribution in [-0.2, 0) is 47.6 Å². The predicted octanol–water partition coefficient (Wildman–Crippen LogP) is -3.70. The highest BCUT2D eigenvalue weighted by atomic mass is 16.7. The van der Waals surface area contributed by atoms with Gasteiger partial charge in [0.25, 0.3) is 0 Å². The molecule has 38 heavy (non-hydrogen) atoms. The quantitative estimate of drug-likeness (QED) is 0.0620. The van der Waals surface area contributed by atoms with Crippen molar-refractivity contribution >= 4 is 30.0 Å². The maximum absolute atomic E-state index is 11.9. The normalized spacial score (nSPS) is 13.8. The molecule has 0 aromatic heterocycles. The van der Waals surface area contributed by atoms with E-state index < -0.39 is 133 Å². The molecule has 0 fully saturated rings. The van der Waals surface area contributed by atoms with Crippen molar-refractivity contribution in [2.45, 2.75) is 50.1 Å². The van der Waals surface area contributed by atoms with E-state index in [1.165, 1.54) is 0 Å². The van der Waals surface area contributed by atoms with Gasteiger partial charge in [0.05, 0.1) is 52.1 Å². The van der Waals surface area contributed by atoms with Crippen LogP contribution in [-0.4, -0.2) is 138 Å². The monoisotopic (exact) mass is 558 g/mol. The summed E-state index contributed by atoms with van der Waals surface area (Å²) >= 11 is 0. The molecule has 220 valence electrons. The summed E-state index contributed by atoms with van der Waals surface area (Å²) in [4.78, 5) is 58.1. The van der Waals surface area contributed by atoms with Crippen molar-refractivity contribution in [3.8, 4) is 0 Å². The molecule has 0 saturated carbocycles. The van der Waals surface area contributed by atoms with Crippen molar-refractivity contribution in [2.24, 2.45) is 0 Å². The van der Waals surface area contributed by atoms with Gasteiger partial charge in [-0.2, -0.15) is 0 Å². The van der Waals surface area contributed by atoms with E-state index in [2.05, 4.69) is 9.47 Å². The molecule has 6 N–H and O–H groups in total. The number of aliphatic hydroxyl groups is 6. The van der Waals surface area contributed by atoms with E-state index in [1.807, 2.05) is 0 Å². The summed E-state index contributed by atoms with van der Waals surface area (Å²) < 4.78 is 28.2. The third-order valence-electron chi connectivity index (χ3n) is 4.15. The van der Waals surface area contributed by atoms with E-state index in [4.69, 9.17) is 39.4 Å². The molecule has 0 aromatic carbocycles. The summed E-state index contributed by atoms with van der Waals surface area (Å²) in [7, 11) is 0. The Morgan fingerprint density at radius 2 is 0.763 bits per heavy atom. The minimum Gasteiger partial charge on any atom is -0.463 e. The fourth-order valence-electron chi connectivity index (χ4n) is 2.10. The second-order valence-electron chi connectivity index (χ2n) is 7.50. The Labute approximate surface area is 216 Å². The Kier molecular flexibility index (Phi) is 19.2. The molecule has 0 saturated heterocycles. The third kappa shape index (κ3) is 18.2. The van der Waals surface area contributed by atoms with Gasteiger partial charge < -0.3 is 59.1 Å². The minimum atomic E-state index is -1.40. The number of hydrogen-bond acceptors (Lipinski definition) is 17. The fraction of sp³-hybridized carbons (Fsp3) is 0.762. The predicted molar refractivity (Wildman–Crippen MR) is 118 cm³/mol. The number of aliphatic hydroxyl groups excluding tert-OH is 6. The second-order valence-corrected chi connectivity index (χ2v) is 7.50. The maximum atomic E-state index is 11.9. The summed E-state index contributed by atoms with van der Waals surface area (Å²) in [6.07, 6.45) is -8.25. The number of ether oxygens (including phenoxy) is 6. The molecule has 0 amide bonds. The molecule has 0 spiro atoms. The molecule has 17 heteroatoms. The van der Waals surface area contributed by atoms with Crippen LogP contribution in [0, 0.1) is 0 Å². The maximum Gasteiger partial charge on any atom is 0.509 e. The molecular weight excluding hydrogens is 524 g/mol. The molecule has 0 heterocycles. The van der Waals surface area contributed by atoms with Crippen LogP contribution in [0.25, 0.3) is 0 Å². The van der Waals surface area contributed by atoms with Crippen LogP contribution in [0.5, 0.6) is 0 Å². The zero-order valence-electron chi connectivity index (χ0n) is 20.5. The first kappa shape index (κ1) is 34.9. The molecule has 0 rings (SSSR count). The van der Waals surface area contributed by atoms with Gasteiger partial charge in [0.2, 0.25) is 0 Å². The number of esters is 4. The Bertz CT molecular complexity index is 669. The van der Waals surface area contributed by atoms with Gasteiger partial charge in [0, 0.05) is 0 Å². The van der Waals surface area contributed by atoms with E-state index in [0.29, 0.717) is 0 Å². The summed E-state index contributed by atoms with van der Waals surface area (Å²) in [6.45, 7) is -4.90. The van der Waals surface area contributed by atoms with E-state index in [0.717, 1.165) is 0 Å². The Balaban J connectivity index is 4.27. The molecule has 0 aliphatic rings. The molecule has 4 atom stereocenters. The van der Waals surface area contributed by atoms with Crippen molar-refractivity contribution < 1.29 is 83.0 Å². The number of rotatable bonds is 20. The highest BCUT2D eigenvalue weighted by Crippen LogP contribution is 2.04. The van der Waals surface area contributed by atoms with Gasteiger partial charge in [0.1, 0.15) is 38.6 Å². The number of carbonyl (C=O) groups excluding carboxylic acids is 5. The van der Waals surface area contributed by atoms with Crippen molar-refractivity contribution in [1.29, 1.82) is 0 Å². The van der Waals surface area contributed by atoms with Crippen LogP contribution in [0.3, 0.4) is 0 Å². The SMILES string of the molecule is O=C(CCC(=O)OCC(CO)OC(=O)OC(CO)COC(=O)CCC(=O)OCC(O)CO)OCC(O)CO. The molecular formula is C21H34O17. The van der Waals surface area contributed by atoms with Crippen molar-refractivity contribution in [1.82, 2.24) is 0 Å². The highest BCUT2D eigenvalue weighted by molar-refractivity contribution is 5.78. The highest BCUT2D eigenvalue weighted by Gasteiger charge is 2.22. The average molecular weight is 558 g/mol. The van der Waals surface area contributed by atoms with Gasteiger partial charge in [-0.05, 0) is 0 Å². The van der Waals surface area contributed by atoms with Crippen molar-refractivity contribution in [3.05, 3.63) is 0 Å². The standard InChI is InChI=1S/C21H34O17/c22-5-13(26)9-33-17(28)1-3-19(30)35-11-15(7-24)37-21(32)38-16(8-25)12-36-20(31)4-2-18(29)34-10-14(27)6-23/h13-16,22-27H,1-12H2. The Morgan fingerprint density at radius 3 is 1.03 bits per heavy atom. The lowest BCUT2D eigenvalue weighted by molar-refractivity contribution is -0.155. The van der Waals surface area contributed by atoms with Gasteiger partial charge in [-0.15, -0.1) is 0 Å². The minimum absolute atomic E-state index is 0.394. The third-order valence-corrected chi connectivity index (χ3v) is 4.15. The fourth-order valence-corrected chi connectivity index (χ4v) is 2.10. The molecule has 0 aromatic rings. The van der Waals surface area contributed by atoms with Crippen LogP contribution in [0.15, 0.2) is 0 Å². The summed E-state index contributed by atoms with van der Waals surface area (Å²) in [5.74, 6) is -3.45. The molecule has 17 nitrogen and oxygen atoms in total. The zero-order valence-corrected chi connectivity index (χ0v) is 20.5. The molecule has 0 aliphatic heterocycles. The smallest absolute Gasteiger partial charge is 0.463 e. The van der Waals surface area contributed by atoms with Gasteiger partial charge in [-0.1, -0.05) is 0 Å². The van der Waals surface area contributed by atoms with E-state index in [9.17, 15) is 34.2 Å². The lowest BCUT2D eigenvalue weighted by Gasteiger charge is -2.19. The Morgan fingerprint density at radius 1 is 0.474 bits per heavy atom. The van der Waals surface area contributed by atoms with Gasteiger partial charge in [0.15, 0.2) is 12.2 Å². The lowest BCUT2D eigenvalue weighted by Crippen LogP contribution is -2.33. The van der Waals surface area contributed by atoms with Crippen LogP contribution < -0.4 is 0 Å². The van der Waals surface area contributed by atoms with Crippen molar-refractivity contribution in [3.63, 3.8) is 0 Å². The largest absolute Gasteiger partial charge is 0.509 e. The topological polar surface area (TPSA) is 262 Å². The van der Waals surface area contributed by atoms with Gasteiger partial charge in [-0.25, -0.2) is 4.79 Å². The van der Waals surface area contributed by atoms with Crippen LogP contribution in [0.1, 0.15) is 25.7 Å². The molecule has 4 unspecified atom stereocenters. The van der Waals surface area contributed by atoms with E-state index >= 15 is 0 Å². The molecule has 0 radical (unpaired) electrons. The van der Waals surface area contributed by atoms with Gasteiger partial charge in [-0.3, -0.25) is 19.2 Å². The van der Waals surface area contributed by atoms with Crippen LogP contribution in [0.4, 0.5) is 4.79 Å². The first-order chi connectivity index (χ1) is 18.0. The van der Waals surface area contributed by atoms with Crippen molar-refractivity contribution in [2.75, 3.05) is 52.9 Å². The zero-order chi connectivity index (χ0) is 28.9. The first-order valence-electron chi connectivity index (χ1n) is 11.3. The average Bonchev–Trinajstić information content (AvgIpc) is 2.91.